The zero-order valence-corrected chi connectivity index (χ0v) is 27.4. The van der Waals surface area contributed by atoms with Crippen molar-refractivity contribution < 1.29 is 9.59 Å². The highest BCUT2D eigenvalue weighted by atomic mass is 16.2. The van der Waals surface area contributed by atoms with Crippen molar-refractivity contribution in [1.82, 2.24) is 15.1 Å². The highest BCUT2D eigenvalue weighted by Crippen LogP contribution is 2.30. The highest BCUT2D eigenvalue weighted by Gasteiger charge is 2.29. The molecule has 1 N–H and O–H groups in total. The van der Waals surface area contributed by atoms with E-state index in [1.807, 2.05) is 11.0 Å². The van der Waals surface area contributed by atoms with Crippen molar-refractivity contribution in [1.29, 1.82) is 0 Å². The number of carbonyl (C=O) groups excluding carboxylic acids is 2. The number of carbonyl (C=O) groups is 2. The minimum Gasteiger partial charge on any atom is -0.350 e. The molecule has 2 aromatic rings. The maximum atomic E-state index is 13.8. The summed E-state index contributed by atoms with van der Waals surface area (Å²) in [5, 5.41) is 3.24. The monoisotopic (exact) mass is 583 g/mol. The zero-order valence-electron chi connectivity index (χ0n) is 27.4. The molecule has 2 amide bonds. The summed E-state index contributed by atoms with van der Waals surface area (Å²) in [6.45, 7) is 16.6. The first-order chi connectivity index (χ1) is 20.7. The van der Waals surface area contributed by atoms with Crippen LogP contribution in [0.5, 0.6) is 0 Å². The molecule has 1 aliphatic heterocycles. The maximum absolute atomic E-state index is 13.8. The lowest BCUT2D eigenvalue weighted by molar-refractivity contribution is -0.134. The SMILES string of the molecule is CCCc1ccc(C(CNC(=O)C2=CC(C)=CC(C)C2C)N(CC)C(=O)CCN2CCC(Cc3ccccc3)C2)cc1C. The molecule has 232 valence electrons. The van der Waals surface area contributed by atoms with E-state index in [-0.39, 0.29) is 23.8 Å². The van der Waals surface area contributed by atoms with Crippen LogP contribution >= 0.6 is 0 Å². The van der Waals surface area contributed by atoms with Crippen LogP contribution in [-0.4, -0.2) is 54.3 Å². The Labute approximate surface area is 260 Å². The zero-order chi connectivity index (χ0) is 30.9. The van der Waals surface area contributed by atoms with Crippen LogP contribution in [0.2, 0.25) is 0 Å². The van der Waals surface area contributed by atoms with Crippen LogP contribution in [0.3, 0.4) is 0 Å². The first-order valence-corrected chi connectivity index (χ1v) is 16.5. The molecule has 1 heterocycles. The summed E-state index contributed by atoms with van der Waals surface area (Å²) in [5.74, 6) is 1.25. The van der Waals surface area contributed by atoms with Gasteiger partial charge in [0.25, 0.3) is 0 Å². The van der Waals surface area contributed by atoms with Crippen LogP contribution in [0, 0.1) is 24.7 Å². The van der Waals surface area contributed by atoms with Crippen LogP contribution in [-0.2, 0) is 22.4 Å². The van der Waals surface area contributed by atoms with Gasteiger partial charge in [0, 0.05) is 38.2 Å². The number of aryl methyl sites for hydroxylation is 2. The van der Waals surface area contributed by atoms with Gasteiger partial charge in [0.15, 0.2) is 0 Å². The number of benzene rings is 2. The Hall–Kier alpha value is -3.18. The third-order valence-electron chi connectivity index (χ3n) is 9.59. The van der Waals surface area contributed by atoms with Crippen molar-refractivity contribution in [2.24, 2.45) is 17.8 Å². The van der Waals surface area contributed by atoms with Gasteiger partial charge in [-0.25, -0.2) is 0 Å². The smallest absolute Gasteiger partial charge is 0.247 e. The standard InChI is InChI=1S/C38H53N3O2/c1-7-12-33-15-16-34(23-29(33)5)36(25-39-38(43)35-22-27(3)21-28(4)30(35)6)41(8-2)37(42)18-20-40-19-17-32(26-40)24-31-13-10-9-11-14-31/h9-11,13-16,21-23,28,30,32,36H,7-8,12,17-20,24-26H2,1-6H3,(H,39,43). The second kappa shape index (κ2) is 15.5. The van der Waals surface area contributed by atoms with E-state index < -0.39 is 0 Å². The van der Waals surface area contributed by atoms with Crippen LogP contribution in [0.4, 0.5) is 0 Å². The molecule has 2 aromatic carbocycles. The fourth-order valence-electron chi connectivity index (χ4n) is 6.91. The van der Waals surface area contributed by atoms with Crippen molar-refractivity contribution in [3.8, 4) is 0 Å². The lowest BCUT2D eigenvalue weighted by Gasteiger charge is -2.33. The van der Waals surface area contributed by atoms with E-state index in [2.05, 4.69) is 106 Å². The van der Waals surface area contributed by atoms with Gasteiger partial charge < -0.3 is 15.1 Å². The van der Waals surface area contributed by atoms with Crippen molar-refractivity contribution in [2.75, 3.05) is 32.7 Å². The topological polar surface area (TPSA) is 52.7 Å². The quantitative estimate of drug-likeness (QED) is 0.275. The Kier molecular flexibility index (Phi) is 11.8. The van der Waals surface area contributed by atoms with E-state index in [9.17, 15) is 9.59 Å². The minimum atomic E-state index is -0.214. The molecule has 0 aromatic heterocycles. The van der Waals surface area contributed by atoms with E-state index >= 15 is 0 Å². The van der Waals surface area contributed by atoms with Crippen LogP contribution < -0.4 is 5.32 Å². The Morgan fingerprint density at radius 1 is 1.07 bits per heavy atom. The van der Waals surface area contributed by atoms with Crippen molar-refractivity contribution >= 4 is 11.8 Å². The molecule has 5 nitrogen and oxygen atoms in total. The summed E-state index contributed by atoms with van der Waals surface area (Å²) >= 11 is 0. The number of hydrogen-bond donors (Lipinski definition) is 1. The Bertz CT molecular complexity index is 1300. The van der Waals surface area contributed by atoms with E-state index in [1.165, 1.54) is 23.1 Å². The second-order valence-electron chi connectivity index (χ2n) is 12.9. The molecule has 0 spiro atoms. The first-order valence-electron chi connectivity index (χ1n) is 16.5. The largest absolute Gasteiger partial charge is 0.350 e. The van der Waals surface area contributed by atoms with Gasteiger partial charge in [0.1, 0.15) is 0 Å². The molecule has 4 atom stereocenters. The third-order valence-corrected chi connectivity index (χ3v) is 9.59. The fraction of sp³-hybridized carbons (Fsp3) is 0.526. The Morgan fingerprint density at radius 2 is 1.84 bits per heavy atom. The molecule has 43 heavy (non-hydrogen) atoms. The molecule has 0 saturated carbocycles. The summed E-state index contributed by atoms with van der Waals surface area (Å²) in [4.78, 5) is 31.7. The van der Waals surface area contributed by atoms with Crippen molar-refractivity contribution in [3.05, 3.63) is 94.1 Å². The molecule has 4 unspecified atom stereocenters. The third kappa shape index (κ3) is 8.69. The van der Waals surface area contributed by atoms with Crippen LogP contribution in [0.1, 0.15) is 82.2 Å². The second-order valence-corrected chi connectivity index (χ2v) is 12.9. The average molecular weight is 584 g/mol. The molecule has 5 heteroatoms. The van der Waals surface area contributed by atoms with E-state index in [0.29, 0.717) is 31.3 Å². The van der Waals surface area contributed by atoms with Gasteiger partial charge in [-0.1, -0.05) is 93.4 Å². The minimum absolute atomic E-state index is 0.0267. The van der Waals surface area contributed by atoms with Gasteiger partial charge in [-0.2, -0.15) is 0 Å². The summed E-state index contributed by atoms with van der Waals surface area (Å²) in [6.07, 6.45) is 9.16. The molecule has 2 aliphatic rings. The van der Waals surface area contributed by atoms with Gasteiger partial charge in [-0.05, 0) is 86.6 Å². The molecule has 0 bridgehead atoms. The molecule has 0 radical (unpaired) electrons. The maximum Gasteiger partial charge on any atom is 0.247 e. The number of nitrogens with zero attached hydrogens (tertiary/aromatic N) is 2. The average Bonchev–Trinajstić information content (AvgIpc) is 3.44. The number of rotatable bonds is 13. The number of likely N-dealkylation sites (N-methyl/N-ethyl adjacent to an activating group) is 1. The predicted octanol–water partition coefficient (Wildman–Crippen LogP) is 7.07. The van der Waals surface area contributed by atoms with E-state index in [1.54, 1.807) is 0 Å². The van der Waals surface area contributed by atoms with Crippen molar-refractivity contribution in [3.63, 3.8) is 0 Å². The number of likely N-dealkylation sites (tertiary alicyclic amines) is 1. The fourth-order valence-corrected chi connectivity index (χ4v) is 6.91. The van der Waals surface area contributed by atoms with E-state index in [0.717, 1.165) is 55.6 Å². The summed E-state index contributed by atoms with van der Waals surface area (Å²) in [7, 11) is 0. The Balaban J connectivity index is 1.45. The van der Waals surface area contributed by atoms with Crippen LogP contribution in [0.15, 0.2) is 71.8 Å². The predicted molar refractivity (Wildman–Crippen MR) is 178 cm³/mol. The van der Waals surface area contributed by atoms with Gasteiger partial charge in [0.05, 0.1) is 6.04 Å². The first kappa shape index (κ1) is 32.7. The van der Waals surface area contributed by atoms with Gasteiger partial charge in [-0.15, -0.1) is 0 Å². The highest BCUT2D eigenvalue weighted by molar-refractivity contribution is 5.94. The number of amides is 2. The number of nitrogens with one attached hydrogen (secondary N) is 1. The van der Waals surface area contributed by atoms with Crippen LogP contribution in [0.25, 0.3) is 0 Å². The van der Waals surface area contributed by atoms with Crippen molar-refractivity contribution in [2.45, 2.75) is 79.7 Å². The molecule has 1 fully saturated rings. The summed E-state index contributed by atoms with van der Waals surface area (Å²) < 4.78 is 0. The normalized spacial score (nSPS) is 21.2. The lowest BCUT2D eigenvalue weighted by atomic mass is 9.82. The molecular formula is C38H53N3O2. The summed E-state index contributed by atoms with van der Waals surface area (Å²) in [6, 6.07) is 17.1. The molecule has 1 saturated heterocycles. The molecular weight excluding hydrogens is 530 g/mol. The Morgan fingerprint density at radius 3 is 2.53 bits per heavy atom. The lowest BCUT2D eigenvalue weighted by Crippen LogP contribution is -2.43. The summed E-state index contributed by atoms with van der Waals surface area (Å²) in [5.41, 5.74) is 7.04. The van der Waals surface area contributed by atoms with Gasteiger partial charge in [0.2, 0.25) is 11.8 Å². The molecule has 4 rings (SSSR count). The molecule has 1 aliphatic carbocycles. The van der Waals surface area contributed by atoms with Gasteiger partial charge >= 0.3 is 0 Å². The number of allylic oxidation sites excluding steroid dienone is 3. The van der Waals surface area contributed by atoms with E-state index in [4.69, 9.17) is 0 Å². The van der Waals surface area contributed by atoms with Gasteiger partial charge in [-0.3, -0.25) is 9.59 Å². The number of hydrogen-bond acceptors (Lipinski definition) is 3.